The molecule has 0 radical (unpaired) electrons. The zero-order valence-corrected chi connectivity index (χ0v) is 12.4. The first-order valence-corrected chi connectivity index (χ1v) is 8.29. The van der Waals surface area contributed by atoms with Gasteiger partial charge in [-0.15, -0.1) is 0 Å². The van der Waals surface area contributed by atoms with Gasteiger partial charge >= 0.3 is 10.2 Å². The van der Waals surface area contributed by atoms with Crippen molar-refractivity contribution in [2.75, 3.05) is 30.9 Å². The summed E-state index contributed by atoms with van der Waals surface area (Å²) in [6, 6.07) is 0. The second kappa shape index (κ2) is 6.96. The van der Waals surface area contributed by atoms with E-state index in [4.69, 9.17) is 0 Å². The third-order valence-electron chi connectivity index (χ3n) is 3.40. The predicted molar refractivity (Wildman–Crippen MR) is 77.4 cm³/mol. The van der Waals surface area contributed by atoms with Crippen molar-refractivity contribution in [3.63, 3.8) is 0 Å². The van der Waals surface area contributed by atoms with E-state index in [0.29, 0.717) is 24.7 Å². The highest BCUT2D eigenvalue weighted by Crippen LogP contribution is 2.20. The van der Waals surface area contributed by atoms with Crippen LogP contribution in [0.5, 0.6) is 0 Å². The van der Waals surface area contributed by atoms with E-state index >= 15 is 0 Å². The van der Waals surface area contributed by atoms with Crippen LogP contribution in [0.1, 0.15) is 19.8 Å². The number of anilines is 1. The van der Waals surface area contributed by atoms with E-state index < -0.39 is 10.2 Å². The van der Waals surface area contributed by atoms with E-state index in [-0.39, 0.29) is 0 Å². The summed E-state index contributed by atoms with van der Waals surface area (Å²) >= 11 is 0. The van der Waals surface area contributed by atoms with Crippen LogP contribution in [0.3, 0.4) is 0 Å². The minimum absolute atomic E-state index is 0.391. The molecular weight excluding hydrogens is 278 g/mol. The molecule has 0 amide bonds. The van der Waals surface area contributed by atoms with Crippen LogP contribution in [-0.2, 0) is 10.2 Å². The van der Waals surface area contributed by atoms with E-state index in [1.54, 1.807) is 0 Å². The second-order valence-corrected chi connectivity index (χ2v) is 6.56. The summed E-state index contributed by atoms with van der Waals surface area (Å²) in [7, 11) is -3.50. The molecule has 0 saturated carbocycles. The lowest BCUT2D eigenvalue weighted by Gasteiger charge is -2.31. The fraction of sp³-hybridized carbons (Fsp3) is 0.667. The Hall–Kier alpha value is -1.25. The van der Waals surface area contributed by atoms with Gasteiger partial charge in [0.05, 0.1) is 18.1 Å². The molecule has 20 heavy (non-hydrogen) atoms. The van der Waals surface area contributed by atoms with Crippen LogP contribution >= 0.6 is 0 Å². The summed E-state index contributed by atoms with van der Waals surface area (Å²) in [4.78, 5) is 7.59. The summed E-state index contributed by atoms with van der Waals surface area (Å²) < 4.78 is 28.4. The standard InChI is InChI=1S/C12H21N5O2S/c1-2-13-7-11-3-5-17(6-4-11)20(18,19)16-12-8-14-10-15-9-12/h8-11,13,16H,2-7H2,1H3. The van der Waals surface area contributed by atoms with Crippen molar-refractivity contribution in [1.29, 1.82) is 0 Å². The van der Waals surface area contributed by atoms with Crippen LogP contribution in [-0.4, -0.2) is 48.9 Å². The van der Waals surface area contributed by atoms with Gasteiger partial charge in [-0.3, -0.25) is 4.72 Å². The Morgan fingerprint density at radius 3 is 2.55 bits per heavy atom. The van der Waals surface area contributed by atoms with Crippen molar-refractivity contribution < 1.29 is 8.42 Å². The molecule has 8 heteroatoms. The zero-order valence-electron chi connectivity index (χ0n) is 11.6. The highest BCUT2D eigenvalue weighted by molar-refractivity contribution is 7.90. The topological polar surface area (TPSA) is 87.2 Å². The number of nitrogens with zero attached hydrogens (tertiary/aromatic N) is 3. The van der Waals surface area contributed by atoms with Crippen LogP contribution in [0.25, 0.3) is 0 Å². The Morgan fingerprint density at radius 2 is 1.95 bits per heavy atom. The van der Waals surface area contributed by atoms with Crippen molar-refractivity contribution in [2.45, 2.75) is 19.8 Å². The van der Waals surface area contributed by atoms with Gasteiger partial charge in [-0.2, -0.15) is 12.7 Å². The van der Waals surface area contributed by atoms with Crippen molar-refractivity contribution in [1.82, 2.24) is 19.6 Å². The zero-order chi connectivity index (χ0) is 14.4. The van der Waals surface area contributed by atoms with E-state index in [1.807, 2.05) is 0 Å². The molecule has 0 aliphatic carbocycles. The Bertz CT molecular complexity index is 500. The Balaban J connectivity index is 1.89. The van der Waals surface area contributed by atoms with E-state index in [1.165, 1.54) is 23.0 Å². The van der Waals surface area contributed by atoms with Crippen LogP contribution in [0, 0.1) is 5.92 Å². The summed E-state index contributed by atoms with van der Waals surface area (Å²) in [5.41, 5.74) is 0.391. The van der Waals surface area contributed by atoms with Gasteiger partial charge in [0.2, 0.25) is 0 Å². The number of hydrogen-bond donors (Lipinski definition) is 2. The first kappa shape index (κ1) is 15.1. The van der Waals surface area contributed by atoms with Gasteiger partial charge < -0.3 is 5.32 Å². The summed E-state index contributed by atoms with van der Waals surface area (Å²) in [6.45, 7) is 5.10. The van der Waals surface area contributed by atoms with Gasteiger partial charge in [0, 0.05) is 13.1 Å². The molecule has 2 N–H and O–H groups in total. The number of piperidine rings is 1. The molecule has 1 aliphatic heterocycles. The molecule has 1 aromatic heterocycles. The van der Waals surface area contributed by atoms with E-state index in [9.17, 15) is 8.42 Å². The molecule has 1 saturated heterocycles. The van der Waals surface area contributed by atoms with Gasteiger partial charge in [-0.25, -0.2) is 9.97 Å². The quantitative estimate of drug-likeness (QED) is 0.796. The average molecular weight is 299 g/mol. The number of nitrogens with one attached hydrogen (secondary N) is 2. The van der Waals surface area contributed by atoms with Gasteiger partial charge in [0.1, 0.15) is 6.33 Å². The lowest BCUT2D eigenvalue weighted by molar-refractivity contribution is 0.269. The molecule has 7 nitrogen and oxygen atoms in total. The molecular formula is C12H21N5O2S. The third-order valence-corrected chi connectivity index (χ3v) is 4.94. The number of hydrogen-bond acceptors (Lipinski definition) is 5. The molecule has 0 aromatic carbocycles. The summed E-state index contributed by atoms with van der Waals surface area (Å²) in [5.74, 6) is 0.557. The smallest absolute Gasteiger partial charge is 0.301 e. The molecule has 1 aromatic rings. The summed E-state index contributed by atoms with van der Waals surface area (Å²) in [6.07, 6.45) is 6.04. The molecule has 2 heterocycles. The fourth-order valence-corrected chi connectivity index (χ4v) is 3.49. The molecule has 0 bridgehead atoms. The minimum Gasteiger partial charge on any atom is -0.317 e. The monoisotopic (exact) mass is 299 g/mol. The van der Waals surface area contributed by atoms with Crippen molar-refractivity contribution in [2.24, 2.45) is 5.92 Å². The Morgan fingerprint density at radius 1 is 1.30 bits per heavy atom. The first-order chi connectivity index (χ1) is 9.62. The maximum absolute atomic E-state index is 12.2. The Labute approximate surface area is 120 Å². The maximum atomic E-state index is 12.2. The van der Waals surface area contributed by atoms with Gasteiger partial charge in [-0.05, 0) is 31.8 Å². The Kier molecular flexibility index (Phi) is 5.27. The molecule has 0 atom stereocenters. The second-order valence-electron chi connectivity index (χ2n) is 4.88. The van der Waals surface area contributed by atoms with Gasteiger partial charge in [0.25, 0.3) is 0 Å². The van der Waals surface area contributed by atoms with Gasteiger partial charge in [0.15, 0.2) is 0 Å². The highest BCUT2D eigenvalue weighted by Gasteiger charge is 2.27. The average Bonchev–Trinajstić information content (AvgIpc) is 2.46. The molecule has 1 fully saturated rings. The van der Waals surface area contributed by atoms with E-state index in [2.05, 4.69) is 26.9 Å². The van der Waals surface area contributed by atoms with Crippen molar-refractivity contribution in [3.05, 3.63) is 18.7 Å². The molecule has 112 valence electrons. The minimum atomic E-state index is -3.50. The largest absolute Gasteiger partial charge is 0.317 e. The lowest BCUT2D eigenvalue weighted by Crippen LogP contribution is -2.43. The highest BCUT2D eigenvalue weighted by atomic mass is 32.2. The molecule has 2 rings (SSSR count). The molecule has 0 spiro atoms. The first-order valence-electron chi connectivity index (χ1n) is 6.85. The van der Waals surface area contributed by atoms with Crippen LogP contribution < -0.4 is 10.0 Å². The number of rotatable bonds is 6. The molecule has 0 unspecified atom stereocenters. The van der Waals surface area contributed by atoms with Crippen molar-refractivity contribution >= 4 is 15.9 Å². The third kappa shape index (κ3) is 4.12. The normalized spacial score (nSPS) is 18.1. The fourth-order valence-electron chi connectivity index (χ4n) is 2.27. The van der Waals surface area contributed by atoms with Crippen molar-refractivity contribution in [3.8, 4) is 0 Å². The maximum Gasteiger partial charge on any atom is 0.301 e. The number of aromatic nitrogens is 2. The molecule has 1 aliphatic rings. The van der Waals surface area contributed by atoms with Crippen LogP contribution in [0.15, 0.2) is 18.7 Å². The SMILES string of the molecule is CCNCC1CCN(S(=O)(=O)Nc2cncnc2)CC1. The van der Waals surface area contributed by atoms with Crippen LogP contribution in [0.4, 0.5) is 5.69 Å². The van der Waals surface area contributed by atoms with Gasteiger partial charge in [-0.1, -0.05) is 6.92 Å². The van der Waals surface area contributed by atoms with E-state index in [0.717, 1.165) is 25.9 Å². The summed E-state index contributed by atoms with van der Waals surface area (Å²) in [5, 5.41) is 3.31. The van der Waals surface area contributed by atoms with Crippen LogP contribution in [0.2, 0.25) is 0 Å². The predicted octanol–water partition coefficient (Wildman–Crippen LogP) is 0.455. The lowest BCUT2D eigenvalue weighted by atomic mass is 9.98.